The van der Waals surface area contributed by atoms with Crippen molar-refractivity contribution in [3.8, 4) is 33.6 Å². The van der Waals surface area contributed by atoms with E-state index in [4.69, 9.17) is 5.79 Å². The summed E-state index contributed by atoms with van der Waals surface area (Å²) in [7, 11) is -1.50. The van der Waals surface area contributed by atoms with Crippen LogP contribution in [0.4, 0.5) is 4.39 Å². The fraction of sp³-hybridized carbons (Fsp3) is 0.209. The maximum atomic E-state index is 13.3. The van der Waals surface area contributed by atoms with Gasteiger partial charge in [-0.15, -0.1) is 54.1 Å². The van der Waals surface area contributed by atoms with Crippen molar-refractivity contribution in [3.05, 3.63) is 139 Å². The second-order valence-electron chi connectivity index (χ2n) is 13.7. The minimum Gasteiger partial charge on any atom is -0.501 e. The molecule has 0 aliphatic heterocycles. The van der Waals surface area contributed by atoms with Crippen LogP contribution in [-0.2, 0) is 20.1 Å². The molecule has 3 heterocycles. The molecule has 0 fully saturated rings. The number of fused-ring (bicyclic) bond motifs is 3. The van der Waals surface area contributed by atoms with E-state index in [1.165, 1.54) is 22.9 Å². The molecule has 7 rings (SSSR count). The van der Waals surface area contributed by atoms with Crippen LogP contribution in [0.1, 0.15) is 52.0 Å². The Morgan fingerprint density at radius 3 is 2.20 bits per heavy atom. The van der Waals surface area contributed by atoms with Crippen molar-refractivity contribution in [3.63, 3.8) is 0 Å². The van der Waals surface area contributed by atoms with Crippen molar-refractivity contribution in [1.29, 1.82) is 0 Å². The van der Waals surface area contributed by atoms with E-state index in [0.717, 1.165) is 61.1 Å². The monoisotopic (exact) mass is 842 g/mol. The Morgan fingerprint density at radius 1 is 0.776 bits per heavy atom. The number of rotatable bonds is 6. The molecule has 0 aliphatic carbocycles. The van der Waals surface area contributed by atoms with Gasteiger partial charge in [-0.2, -0.15) is 0 Å². The van der Waals surface area contributed by atoms with Gasteiger partial charge in [0.15, 0.2) is 0 Å². The summed E-state index contributed by atoms with van der Waals surface area (Å²) in [5, 5.41) is 3.36. The molecular weight excluding hydrogens is 800 g/mol. The summed E-state index contributed by atoms with van der Waals surface area (Å²) in [6.07, 6.45) is 3.82. The average Bonchev–Trinajstić information content (AvgIpc) is 3.46. The first-order valence-corrected chi connectivity index (χ1v) is 19.9. The third-order valence-corrected chi connectivity index (χ3v) is 10.6. The standard InChI is InChI=1S/C26H19FNO.C17H22NSi.Ir/c1-16(2)18-12-13-28-24(14-18)23-5-3-4-22-21-11-8-19(15-25(21)29-26(22)23)17-6-9-20(27)10-7-17;1-13(2)15-11-16(14-9-7-6-8-10-14)18-12-17(15)19(3,4)5;/h3-4,6-16H,1-2H3;6-9,11-13H,1-5H3;/q2*-1;/i;13D;. The van der Waals surface area contributed by atoms with Gasteiger partial charge in [0, 0.05) is 39.3 Å². The van der Waals surface area contributed by atoms with Crippen LogP contribution in [0.3, 0.4) is 0 Å². The number of hydrogen-bond donors (Lipinski definition) is 0. The number of halogens is 1. The van der Waals surface area contributed by atoms with Gasteiger partial charge < -0.3 is 14.4 Å². The molecule has 3 nitrogen and oxygen atoms in total. The van der Waals surface area contributed by atoms with Crippen LogP contribution in [0.5, 0.6) is 0 Å². The van der Waals surface area contributed by atoms with E-state index in [-0.39, 0.29) is 25.9 Å². The van der Waals surface area contributed by atoms with E-state index < -0.39 is 14.0 Å². The molecule has 0 saturated carbocycles. The molecule has 0 unspecified atom stereocenters. The van der Waals surface area contributed by atoms with Gasteiger partial charge in [0.25, 0.3) is 0 Å². The number of aromatic nitrogens is 2. The molecule has 0 N–H and O–H groups in total. The Bertz CT molecular complexity index is 2240. The number of furan rings is 1. The van der Waals surface area contributed by atoms with Crippen LogP contribution in [0.15, 0.2) is 114 Å². The van der Waals surface area contributed by atoms with E-state index in [1.807, 2.05) is 80.8 Å². The number of benzene rings is 4. The molecule has 49 heavy (non-hydrogen) atoms. The maximum absolute atomic E-state index is 13.3. The summed E-state index contributed by atoms with van der Waals surface area (Å²) < 4.78 is 28.0. The Kier molecular flexibility index (Phi) is 10.7. The van der Waals surface area contributed by atoms with Gasteiger partial charge in [-0.1, -0.05) is 106 Å². The molecule has 6 heteroatoms. The molecule has 0 aliphatic rings. The number of pyridine rings is 2. The van der Waals surface area contributed by atoms with Gasteiger partial charge in [0.1, 0.15) is 11.4 Å². The predicted molar refractivity (Wildman–Crippen MR) is 201 cm³/mol. The van der Waals surface area contributed by atoms with Gasteiger partial charge in [-0.25, -0.2) is 4.39 Å². The minimum absolute atomic E-state index is 0. The van der Waals surface area contributed by atoms with Crippen molar-refractivity contribution >= 4 is 35.2 Å². The van der Waals surface area contributed by atoms with Crippen LogP contribution >= 0.6 is 0 Å². The van der Waals surface area contributed by atoms with E-state index in [0.29, 0.717) is 5.92 Å². The van der Waals surface area contributed by atoms with Crippen molar-refractivity contribution < 1.29 is 30.3 Å². The first-order valence-electron chi connectivity index (χ1n) is 16.9. The zero-order valence-electron chi connectivity index (χ0n) is 30.0. The van der Waals surface area contributed by atoms with Crippen LogP contribution in [-0.4, -0.2) is 18.0 Å². The second-order valence-corrected chi connectivity index (χ2v) is 18.7. The Balaban J connectivity index is 0.000000204. The second kappa shape index (κ2) is 15.1. The van der Waals surface area contributed by atoms with Crippen LogP contribution in [0.2, 0.25) is 19.6 Å². The summed E-state index contributed by atoms with van der Waals surface area (Å²) in [6.45, 7) is 15.1. The summed E-state index contributed by atoms with van der Waals surface area (Å²) in [5.41, 5.74) is 9.46. The van der Waals surface area contributed by atoms with Gasteiger partial charge in [-0.05, 0) is 63.8 Å². The van der Waals surface area contributed by atoms with Crippen LogP contribution in [0.25, 0.3) is 55.6 Å². The molecule has 3 aromatic heterocycles. The Hall–Kier alpha value is -4.22. The van der Waals surface area contributed by atoms with Crippen molar-refractivity contribution in [1.82, 2.24) is 9.97 Å². The summed E-state index contributed by atoms with van der Waals surface area (Å²) in [5.74, 6) is -0.429. The van der Waals surface area contributed by atoms with E-state index in [1.54, 1.807) is 12.1 Å². The predicted octanol–water partition coefficient (Wildman–Crippen LogP) is 11.6. The quantitative estimate of drug-likeness (QED) is 0.124. The molecular formula is C43H41FIrN2OSi-2. The Labute approximate surface area is 305 Å². The molecule has 0 bridgehead atoms. The third-order valence-electron chi connectivity index (χ3n) is 8.55. The van der Waals surface area contributed by atoms with Gasteiger partial charge in [0.2, 0.25) is 0 Å². The molecule has 4 aromatic carbocycles. The van der Waals surface area contributed by atoms with Crippen molar-refractivity contribution in [2.24, 2.45) is 0 Å². The first-order chi connectivity index (χ1) is 23.3. The molecule has 7 aromatic rings. The summed E-state index contributed by atoms with van der Waals surface area (Å²) in [4.78, 5) is 9.17. The first kappa shape index (κ1) is 34.6. The normalized spacial score (nSPS) is 12.0. The molecule has 1 radical (unpaired) electrons. The average molecular weight is 842 g/mol. The van der Waals surface area contributed by atoms with Crippen molar-refractivity contribution in [2.75, 3.05) is 0 Å². The Morgan fingerprint density at radius 2 is 1.53 bits per heavy atom. The van der Waals surface area contributed by atoms with E-state index in [9.17, 15) is 4.39 Å². The van der Waals surface area contributed by atoms with Crippen LogP contribution < -0.4 is 5.19 Å². The fourth-order valence-corrected chi connectivity index (χ4v) is 7.45. The zero-order chi connectivity index (χ0) is 34.9. The number of hydrogen-bond acceptors (Lipinski definition) is 3. The fourth-order valence-electron chi connectivity index (χ4n) is 5.86. The van der Waals surface area contributed by atoms with E-state index in [2.05, 4.69) is 73.8 Å². The zero-order valence-corrected chi connectivity index (χ0v) is 32.4. The molecule has 0 saturated heterocycles. The molecule has 0 amide bonds. The van der Waals surface area contributed by atoms with Crippen LogP contribution in [0, 0.1) is 17.9 Å². The largest absolute Gasteiger partial charge is 0.501 e. The van der Waals surface area contributed by atoms with Crippen molar-refractivity contribution in [2.45, 2.75) is 59.1 Å². The van der Waals surface area contributed by atoms with Gasteiger partial charge >= 0.3 is 0 Å². The molecule has 251 valence electrons. The van der Waals surface area contributed by atoms with Gasteiger partial charge in [-0.3, -0.25) is 0 Å². The SMILES string of the molecule is CC(C)c1ccnc(-c2[c-]ccc3c2oc2cc(-c4ccc(F)cc4)ccc23)c1.[2H]C(C)(C)c1cc(-c2[c-]cccc2)ncc1[Si](C)(C)C.[Ir]. The minimum atomic E-state index is -1.50. The third kappa shape index (κ3) is 7.99. The molecule has 0 atom stereocenters. The van der Waals surface area contributed by atoms with E-state index >= 15 is 0 Å². The topological polar surface area (TPSA) is 38.9 Å². The summed E-state index contributed by atoms with van der Waals surface area (Å²) >= 11 is 0. The maximum Gasteiger partial charge on any atom is 0.123 e. The smallest absolute Gasteiger partial charge is 0.123 e. The molecule has 0 spiro atoms. The van der Waals surface area contributed by atoms with Gasteiger partial charge in [0.05, 0.1) is 13.7 Å². The summed E-state index contributed by atoms with van der Waals surface area (Å²) in [6, 6.07) is 37.1. The number of nitrogens with zero attached hydrogens (tertiary/aromatic N) is 2.